The lowest BCUT2D eigenvalue weighted by Gasteiger charge is -2.12. The maximum absolute atomic E-state index is 10.3. The Morgan fingerprint density at radius 3 is 2.61 bits per heavy atom. The molecule has 0 aliphatic heterocycles. The molecule has 0 unspecified atom stereocenters. The lowest BCUT2D eigenvalue weighted by atomic mass is 10.2. The van der Waals surface area contributed by atoms with E-state index in [9.17, 15) is 5.11 Å². The Labute approximate surface area is 135 Å². The minimum absolute atomic E-state index is 0.221. The van der Waals surface area contributed by atoms with Crippen molar-refractivity contribution >= 4 is 17.0 Å². The monoisotopic (exact) mass is 312 g/mol. The van der Waals surface area contributed by atoms with Crippen molar-refractivity contribution in [3.63, 3.8) is 0 Å². The van der Waals surface area contributed by atoms with E-state index in [1.54, 1.807) is 0 Å². The summed E-state index contributed by atoms with van der Waals surface area (Å²) < 4.78 is 9.48. The molecule has 1 aromatic heterocycles. The third-order valence-corrected chi connectivity index (χ3v) is 4.01. The summed E-state index contributed by atoms with van der Waals surface area (Å²) in [4.78, 5) is 0. The van der Waals surface area contributed by atoms with E-state index >= 15 is 0 Å². The lowest BCUT2D eigenvalue weighted by molar-refractivity contribution is -0.630. The van der Waals surface area contributed by atoms with Crippen LogP contribution in [0.4, 0.5) is 5.95 Å². The van der Waals surface area contributed by atoms with Gasteiger partial charge >= 0.3 is 5.95 Å². The Morgan fingerprint density at radius 1 is 1.17 bits per heavy atom. The normalized spacial score (nSPS) is 12.5. The number of aliphatic hydroxyl groups is 1. The molecule has 1 heterocycles. The Balaban J connectivity index is 1.72. The SMILES string of the molecule is Cc1ccc(OC[C@@H](O)Cn2c(N)[n+](C)c3ccccc32)cc1. The van der Waals surface area contributed by atoms with Crippen LogP contribution in [-0.4, -0.2) is 22.4 Å². The van der Waals surface area contributed by atoms with Gasteiger partial charge in [-0.05, 0) is 31.2 Å². The Morgan fingerprint density at radius 2 is 1.87 bits per heavy atom. The van der Waals surface area contributed by atoms with Crippen molar-refractivity contribution in [1.29, 1.82) is 0 Å². The summed E-state index contributed by atoms with van der Waals surface area (Å²) in [6.45, 7) is 2.64. The number of ether oxygens (including phenoxy) is 1. The van der Waals surface area contributed by atoms with Crippen LogP contribution in [-0.2, 0) is 13.6 Å². The van der Waals surface area contributed by atoms with Gasteiger partial charge in [-0.25, -0.2) is 9.13 Å². The molecule has 120 valence electrons. The topological polar surface area (TPSA) is 64.3 Å². The number of hydrogen-bond acceptors (Lipinski definition) is 3. The van der Waals surface area contributed by atoms with Gasteiger partial charge in [0.15, 0.2) is 0 Å². The first-order valence-corrected chi connectivity index (χ1v) is 7.66. The van der Waals surface area contributed by atoms with Gasteiger partial charge in [-0.2, -0.15) is 0 Å². The molecule has 3 rings (SSSR count). The van der Waals surface area contributed by atoms with Crippen molar-refractivity contribution in [3.8, 4) is 5.75 Å². The van der Waals surface area contributed by atoms with E-state index in [0.29, 0.717) is 12.5 Å². The fraction of sp³-hybridized carbons (Fsp3) is 0.278. The fourth-order valence-electron chi connectivity index (χ4n) is 2.69. The minimum Gasteiger partial charge on any atom is -0.491 e. The minimum atomic E-state index is -0.644. The molecule has 5 nitrogen and oxygen atoms in total. The second-order valence-corrected chi connectivity index (χ2v) is 5.79. The molecule has 0 spiro atoms. The molecule has 23 heavy (non-hydrogen) atoms. The molecule has 0 saturated heterocycles. The van der Waals surface area contributed by atoms with Crippen LogP contribution in [0.1, 0.15) is 5.56 Å². The Bertz CT molecular complexity index is 809. The number of aromatic nitrogens is 2. The summed E-state index contributed by atoms with van der Waals surface area (Å²) in [6, 6.07) is 15.7. The van der Waals surface area contributed by atoms with Crippen LogP contribution in [0, 0.1) is 6.92 Å². The molecular weight excluding hydrogens is 290 g/mol. The van der Waals surface area contributed by atoms with E-state index in [4.69, 9.17) is 10.5 Å². The van der Waals surface area contributed by atoms with E-state index in [1.165, 1.54) is 5.56 Å². The predicted octanol–water partition coefficient (Wildman–Crippen LogP) is 1.80. The summed E-state index contributed by atoms with van der Waals surface area (Å²) in [6.07, 6.45) is -0.644. The number of nitrogens with zero attached hydrogens (tertiary/aromatic N) is 2. The number of nitrogens with two attached hydrogens (primary N) is 1. The van der Waals surface area contributed by atoms with Crippen molar-refractivity contribution in [2.45, 2.75) is 19.6 Å². The van der Waals surface area contributed by atoms with Gasteiger partial charge in [-0.1, -0.05) is 29.8 Å². The standard InChI is InChI=1S/C18H21N3O2/c1-13-7-9-15(10-8-13)23-12-14(22)11-21-17-6-4-3-5-16(17)20(2)18(21)19/h3-10,14,19,22H,11-12H2,1-2H3/p+1/t14-/m0/s1. The molecule has 0 bridgehead atoms. The summed E-state index contributed by atoms with van der Waals surface area (Å²) in [5.41, 5.74) is 9.38. The molecule has 0 saturated carbocycles. The van der Waals surface area contributed by atoms with Crippen LogP contribution in [0.15, 0.2) is 48.5 Å². The van der Waals surface area contributed by atoms with E-state index in [-0.39, 0.29) is 6.61 Å². The second kappa shape index (κ2) is 6.30. The number of imidazole rings is 1. The van der Waals surface area contributed by atoms with Crippen molar-refractivity contribution < 1.29 is 14.4 Å². The number of hydrogen-bond donors (Lipinski definition) is 2. The number of rotatable bonds is 5. The zero-order valence-corrected chi connectivity index (χ0v) is 13.4. The van der Waals surface area contributed by atoms with Crippen LogP contribution in [0.5, 0.6) is 5.75 Å². The zero-order chi connectivity index (χ0) is 16.4. The second-order valence-electron chi connectivity index (χ2n) is 5.79. The van der Waals surface area contributed by atoms with E-state index in [1.807, 2.05) is 71.6 Å². The molecule has 1 atom stereocenters. The van der Waals surface area contributed by atoms with Crippen LogP contribution < -0.4 is 15.0 Å². The first-order chi connectivity index (χ1) is 11.1. The van der Waals surface area contributed by atoms with Gasteiger partial charge in [0.25, 0.3) is 0 Å². The molecular formula is C18H22N3O2+. The largest absolute Gasteiger partial charge is 0.491 e. The average Bonchev–Trinajstić information content (AvgIpc) is 2.80. The smallest absolute Gasteiger partial charge is 0.355 e. The third kappa shape index (κ3) is 3.14. The molecule has 3 aromatic rings. The molecule has 2 aromatic carbocycles. The number of aliphatic hydroxyl groups excluding tert-OH is 1. The first kappa shape index (κ1) is 15.4. The summed E-state index contributed by atoms with van der Waals surface area (Å²) in [7, 11) is 1.92. The van der Waals surface area contributed by atoms with Crippen molar-refractivity contribution in [1.82, 2.24) is 4.57 Å². The van der Waals surface area contributed by atoms with E-state index < -0.39 is 6.10 Å². The number of para-hydroxylation sites is 2. The average molecular weight is 312 g/mol. The van der Waals surface area contributed by atoms with Gasteiger partial charge in [0.05, 0.1) is 7.05 Å². The maximum Gasteiger partial charge on any atom is 0.355 e. The Kier molecular flexibility index (Phi) is 4.21. The quantitative estimate of drug-likeness (QED) is 0.706. The number of fused-ring (bicyclic) bond motifs is 1. The van der Waals surface area contributed by atoms with Crippen molar-refractivity contribution in [2.24, 2.45) is 7.05 Å². The molecule has 0 amide bonds. The van der Waals surface area contributed by atoms with Gasteiger partial charge in [0, 0.05) is 0 Å². The number of benzene rings is 2. The highest BCUT2D eigenvalue weighted by atomic mass is 16.5. The summed E-state index contributed by atoms with van der Waals surface area (Å²) in [5, 5.41) is 10.3. The highest BCUT2D eigenvalue weighted by Gasteiger charge is 2.20. The van der Waals surface area contributed by atoms with Crippen LogP contribution >= 0.6 is 0 Å². The lowest BCUT2D eigenvalue weighted by Crippen LogP contribution is -2.32. The van der Waals surface area contributed by atoms with Gasteiger partial charge in [0.2, 0.25) is 0 Å². The van der Waals surface area contributed by atoms with Gasteiger partial charge in [-0.3, -0.25) is 5.73 Å². The van der Waals surface area contributed by atoms with Crippen LogP contribution in [0.2, 0.25) is 0 Å². The van der Waals surface area contributed by atoms with Gasteiger partial charge in [0.1, 0.15) is 36.0 Å². The highest BCUT2D eigenvalue weighted by molar-refractivity contribution is 5.73. The van der Waals surface area contributed by atoms with Gasteiger partial charge < -0.3 is 9.84 Å². The van der Waals surface area contributed by atoms with Gasteiger partial charge in [-0.15, -0.1) is 0 Å². The van der Waals surface area contributed by atoms with E-state index in [0.717, 1.165) is 16.8 Å². The molecule has 0 aliphatic carbocycles. The number of anilines is 1. The molecule has 0 fully saturated rings. The third-order valence-electron chi connectivity index (χ3n) is 4.01. The number of aryl methyl sites for hydroxylation is 2. The zero-order valence-electron chi connectivity index (χ0n) is 13.4. The highest BCUT2D eigenvalue weighted by Crippen LogP contribution is 2.16. The summed E-state index contributed by atoms with van der Waals surface area (Å²) in [5.74, 6) is 1.37. The first-order valence-electron chi connectivity index (χ1n) is 7.66. The Hall–Kier alpha value is -2.53. The van der Waals surface area contributed by atoms with Crippen molar-refractivity contribution in [2.75, 3.05) is 12.3 Å². The number of nitrogen functional groups attached to an aromatic ring is 1. The molecule has 3 N–H and O–H groups in total. The maximum atomic E-state index is 10.3. The molecule has 5 heteroatoms. The fourth-order valence-corrected chi connectivity index (χ4v) is 2.69. The van der Waals surface area contributed by atoms with Crippen LogP contribution in [0.3, 0.4) is 0 Å². The molecule has 0 aliphatic rings. The predicted molar refractivity (Wildman–Crippen MR) is 90.2 cm³/mol. The molecule has 0 radical (unpaired) electrons. The summed E-state index contributed by atoms with van der Waals surface area (Å²) >= 11 is 0. The van der Waals surface area contributed by atoms with Crippen molar-refractivity contribution in [3.05, 3.63) is 54.1 Å². The van der Waals surface area contributed by atoms with E-state index in [2.05, 4.69) is 0 Å². The van der Waals surface area contributed by atoms with Crippen LogP contribution in [0.25, 0.3) is 11.0 Å².